The van der Waals surface area contributed by atoms with Gasteiger partial charge in [0.2, 0.25) is 0 Å². The van der Waals surface area contributed by atoms with Crippen LogP contribution in [0.4, 0.5) is 10.5 Å². The fourth-order valence-electron chi connectivity index (χ4n) is 2.55. The number of rotatable bonds is 4. The van der Waals surface area contributed by atoms with Gasteiger partial charge in [0, 0.05) is 34.4 Å². The van der Waals surface area contributed by atoms with Gasteiger partial charge in [0.15, 0.2) is 0 Å². The van der Waals surface area contributed by atoms with Crippen molar-refractivity contribution in [3.63, 3.8) is 0 Å². The van der Waals surface area contributed by atoms with Crippen LogP contribution in [0.15, 0.2) is 48.7 Å². The van der Waals surface area contributed by atoms with E-state index in [2.05, 4.69) is 40.7 Å². The summed E-state index contributed by atoms with van der Waals surface area (Å²) in [5, 5.41) is 7.43. The zero-order valence-electron chi connectivity index (χ0n) is 12.8. The summed E-state index contributed by atoms with van der Waals surface area (Å²) < 4.78 is 0. The summed E-state index contributed by atoms with van der Waals surface area (Å²) in [6, 6.07) is 13.2. The highest BCUT2D eigenvalue weighted by atomic mass is 35.5. The monoisotopic (exact) mass is 327 g/mol. The molecule has 0 bridgehead atoms. The molecule has 0 radical (unpaired) electrons. The number of aromatic nitrogens is 1. The Balaban J connectivity index is 1.56. The Kier molecular flexibility index (Phi) is 4.53. The molecular weight excluding hydrogens is 310 g/mol. The molecule has 2 aromatic carbocycles. The highest BCUT2D eigenvalue weighted by Gasteiger charge is 2.05. The van der Waals surface area contributed by atoms with Crippen molar-refractivity contribution in [1.29, 1.82) is 0 Å². The van der Waals surface area contributed by atoms with Crippen LogP contribution in [-0.2, 0) is 6.42 Å². The van der Waals surface area contributed by atoms with Crippen LogP contribution in [-0.4, -0.2) is 17.6 Å². The molecule has 4 nitrogen and oxygen atoms in total. The van der Waals surface area contributed by atoms with Crippen molar-refractivity contribution in [2.24, 2.45) is 0 Å². The maximum absolute atomic E-state index is 11.9. The molecule has 118 valence electrons. The number of nitrogens with one attached hydrogen (secondary N) is 3. The number of carbonyl (C=O) groups is 1. The fourth-order valence-corrected chi connectivity index (χ4v) is 2.74. The van der Waals surface area contributed by atoms with Crippen molar-refractivity contribution in [2.45, 2.75) is 13.3 Å². The van der Waals surface area contributed by atoms with E-state index in [4.69, 9.17) is 11.6 Å². The largest absolute Gasteiger partial charge is 0.361 e. The summed E-state index contributed by atoms with van der Waals surface area (Å²) in [5.41, 5.74) is 4.23. The molecule has 0 saturated heterocycles. The number of H-pyrrole nitrogens is 1. The van der Waals surface area contributed by atoms with Crippen LogP contribution in [0.3, 0.4) is 0 Å². The minimum atomic E-state index is -0.233. The van der Waals surface area contributed by atoms with Gasteiger partial charge in [-0.25, -0.2) is 4.79 Å². The quantitative estimate of drug-likeness (QED) is 0.649. The number of carbonyl (C=O) groups excluding carboxylic acids is 1. The predicted octanol–water partition coefficient (Wildman–Crippen LogP) is 4.49. The number of amides is 2. The van der Waals surface area contributed by atoms with E-state index in [-0.39, 0.29) is 6.03 Å². The highest BCUT2D eigenvalue weighted by Crippen LogP contribution is 2.20. The Morgan fingerprint density at radius 3 is 2.91 bits per heavy atom. The van der Waals surface area contributed by atoms with Gasteiger partial charge >= 0.3 is 6.03 Å². The van der Waals surface area contributed by atoms with Crippen LogP contribution >= 0.6 is 11.6 Å². The second-order valence-electron chi connectivity index (χ2n) is 5.50. The molecule has 2 amide bonds. The zero-order valence-corrected chi connectivity index (χ0v) is 13.6. The molecule has 3 aromatic rings. The number of aromatic amines is 1. The highest BCUT2D eigenvalue weighted by molar-refractivity contribution is 6.30. The first kappa shape index (κ1) is 15.4. The van der Waals surface area contributed by atoms with Crippen LogP contribution in [0.25, 0.3) is 10.9 Å². The number of fused-ring (bicyclic) bond motifs is 1. The molecule has 23 heavy (non-hydrogen) atoms. The van der Waals surface area contributed by atoms with Crippen molar-refractivity contribution in [1.82, 2.24) is 10.3 Å². The van der Waals surface area contributed by atoms with Crippen molar-refractivity contribution in [3.8, 4) is 0 Å². The fraction of sp³-hybridized carbons (Fsp3) is 0.167. The van der Waals surface area contributed by atoms with Gasteiger partial charge in [0.1, 0.15) is 0 Å². The predicted molar refractivity (Wildman–Crippen MR) is 95.2 cm³/mol. The van der Waals surface area contributed by atoms with Crippen molar-refractivity contribution in [3.05, 3.63) is 64.8 Å². The maximum atomic E-state index is 11.9. The first-order chi connectivity index (χ1) is 11.1. The Hall–Kier alpha value is -2.46. The standard InChI is InChI=1S/C18H18ClN3O/c1-12-5-6-17-16(9-12)13(11-21-17)7-8-20-18(23)22-15-4-2-3-14(19)10-15/h2-6,9-11,21H,7-8H2,1H3,(H2,20,22,23). The number of aryl methyl sites for hydroxylation is 1. The molecule has 0 fully saturated rings. The van der Waals surface area contributed by atoms with E-state index in [1.54, 1.807) is 24.3 Å². The molecule has 0 atom stereocenters. The third-order valence-electron chi connectivity index (χ3n) is 3.69. The molecule has 0 spiro atoms. The van der Waals surface area contributed by atoms with Crippen molar-refractivity contribution < 1.29 is 4.79 Å². The first-order valence-corrected chi connectivity index (χ1v) is 7.86. The van der Waals surface area contributed by atoms with Gasteiger partial charge in [-0.15, -0.1) is 0 Å². The van der Waals surface area contributed by atoms with Crippen LogP contribution in [0, 0.1) is 6.92 Å². The zero-order chi connectivity index (χ0) is 16.2. The van der Waals surface area contributed by atoms with E-state index in [9.17, 15) is 4.79 Å². The van der Waals surface area contributed by atoms with E-state index in [0.29, 0.717) is 17.3 Å². The third kappa shape index (κ3) is 3.85. The van der Waals surface area contributed by atoms with Crippen LogP contribution in [0.2, 0.25) is 5.02 Å². The lowest BCUT2D eigenvalue weighted by molar-refractivity contribution is 0.252. The lowest BCUT2D eigenvalue weighted by Gasteiger charge is -2.07. The average molecular weight is 328 g/mol. The SMILES string of the molecule is Cc1ccc2[nH]cc(CCNC(=O)Nc3cccc(Cl)c3)c2c1. The normalized spacial score (nSPS) is 10.7. The number of hydrogen-bond donors (Lipinski definition) is 3. The van der Waals surface area contributed by atoms with Gasteiger partial charge in [0.25, 0.3) is 0 Å². The topological polar surface area (TPSA) is 56.9 Å². The minimum absolute atomic E-state index is 0.233. The summed E-state index contributed by atoms with van der Waals surface area (Å²) in [6.07, 6.45) is 2.77. The molecule has 3 rings (SSSR count). The van der Waals surface area contributed by atoms with Gasteiger partial charge < -0.3 is 15.6 Å². The average Bonchev–Trinajstić information content (AvgIpc) is 2.90. The molecule has 0 aliphatic carbocycles. The number of anilines is 1. The summed E-state index contributed by atoms with van der Waals surface area (Å²) >= 11 is 5.89. The smallest absolute Gasteiger partial charge is 0.319 e. The number of hydrogen-bond acceptors (Lipinski definition) is 1. The molecule has 5 heteroatoms. The Morgan fingerprint density at radius 2 is 2.09 bits per heavy atom. The van der Waals surface area contributed by atoms with Gasteiger partial charge in [-0.3, -0.25) is 0 Å². The Bertz CT molecular complexity index is 841. The summed E-state index contributed by atoms with van der Waals surface area (Å²) in [5.74, 6) is 0. The molecule has 1 aromatic heterocycles. The van der Waals surface area contributed by atoms with Gasteiger partial charge in [0.05, 0.1) is 0 Å². The maximum Gasteiger partial charge on any atom is 0.319 e. The lowest BCUT2D eigenvalue weighted by Crippen LogP contribution is -2.30. The van der Waals surface area contributed by atoms with Gasteiger partial charge in [-0.1, -0.05) is 29.3 Å². The molecule has 0 aliphatic rings. The summed E-state index contributed by atoms with van der Waals surface area (Å²) in [6.45, 7) is 2.64. The second kappa shape index (κ2) is 6.75. The second-order valence-corrected chi connectivity index (χ2v) is 5.94. The lowest BCUT2D eigenvalue weighted by atomic mass is 10.1. The number of benzene rings is 2. The van der Waals surface area contributed by atoms with Gasteiger partial charge in [-0.05, 0) is 49.2 Å². The minimum Gasteiger partial charge on any atom is -0.361 e. The summed E-state index contributed by atoms with van der Waals surface area (Å²) in [4.78, 5) is 15.2. The Morgan fingerprint density at radius 1 is 1.22 bits per heavy atom. The Labute approximate surface area is 139 Å². The van der Waals surface area contributed by atoms with E-state index in [1.807, 2.05) is 6.20 Å². The van der Waals surface area contributed by atoms with E-state index in [0.717, 1.165) is 11.9 Å². The molecule has 0 aliphatic heterocycles. The number of halogens is 1. The van der Waals surface area contributed by atoms with E-state index < -0.39 is 0 Å². The van der Waals surface area contributed by atoms with Crippen LogP contribution in [0.5, 0.6) is 0 Å². The molecule has 0 saturated carbocycles. The van der Waals surface area contributed by atoms with Crippen molar-refractivity contribution >= 4 is 34.2 Å². The van der Waals surface area contributed by atoms with Gasteiger partial charge in [-0.2, -0.15) is 0 Å². The van der Waals surface area contributed by atoms with E-state index in [1.165, 1.54) is 16.5 Å². The molecule has 3 N–H and O–H groups in total. The van der Waals surface area contributed by atoms with Crippen LogP contribution < -0.4 is 10.6 Å². The summed E-state index contributed by atoms with van der Waals surface area (Å²) in [7, 11) is 0. The molecule has 1 heterocycles. The van der Waals surface area contributed by atoms with Crippen LogP contribution in [0.1, 0.15) is 11.1 Å². The van der Waals surface area contributed by atoms with Crippen molar-refractivity contribution in [2.75, 3.05) is 11.9 Å². The number of urea groups is 1. The van der Waals surface area contributed by atoms with E-state index >= 15 is 0 Å². The first-order valence-electron chi connectivity index (χ1n) is 7.49. The molecule has 0 unspecified atom stereocenters. The molecular formula is C18H18ClN3O. The third-order valence-corrected chi connectivity index (χ3v) is 3.92.